The van der Waals surface area contributed by atoms with Crippen molar-refractivity contribution in [2.24, 2.45) is 5.73 Å². The van der Waals surface area contributed by atoms with Crippen molar-refractivity contribution in [2.45, 2.75) is 71.1 Å². The lowest BCUT2D eigenvalue weighted by Gasteiger charge is -2.00. The van der Waals surface area contributed by atoms with Gasteiger partial charge >= 0.3 is 0 Å². The molecule has 2 N–H and O–H groups in total. The summed E-state index contributed by atoms with van der Waals surface area (Å²) in [5, 5.41) is 0. The fourth-order valence-corrected chi connectivity index (χ4v) is 1.63. The van der Waals surface area contributed by atoms with Gasteiger partial charge in [0.2, 0.25) is 0 Å². The molecule has 0 amide bonds. The van der Waals surface area contributed by atoms with Crippen LogP contribution in [0.4, 0.5) is 4.70 Å². The first-order chi connectivity index (χ1) is 8.15. The van der Waals surface area contributed by atoms with Gasteiger partial charge in [0.15, 0.2) is 0 Å². The molecule has 0 saturated carbocycles. The van der Waals surface area contributed by atoms with E-state index in [1.165, 1.54) is 64.2 Å². The second-order valence-corrected chi connectivity index (χ2v) is 5.31. The van der Waals surface area contributed by atoms with Crippen molar-refractivity contribution in [2.75, 3.05) is 27.7 Å². The Morgan fingerprint density at radius 2 is 0.944 bits per heavy atom. The van der Waals surface area contributed by atoms with Crippen molar-refractivity contribution in [1.29, 1.82) is 0 Å². The van der Waals surface area contributed by atoms with Crippen LogP contribution >= 0.6 is 0 Å². The lowest BCUT2D eigenvalue weighted by Crippen LogP contribution is -1.99. The van der Waals surface area contributed by atoms with E-state index in [0.717, 1.165) is 6.54 Å². The van der Waals surface area contributed by atoms with Crippen LogP contribution in [0, 0.1) is 0 Å². The predicted octanol–water partition coefficient (Wildman–Crippen LogP) is 4.20. The van der Waals surface area contributed by atoms with Gasteiger partial charge in [-0.15, -0.1) is 0 Å². The molecule has 0 aliphatic carbocycles. The Kier molecular flexibility index (Phi) is 28.2. The molecule has 0 aromatic rings. The normalized spacial score (nSPS) is 9.67. The first-order valence-electron chi connectivity index (χ1n) is 7.46. The van der Waals surface area contributed by atoms with Crippen LogP contribution in [0.2, 0.25) is 0 Å². The molecule has 2 nitrogen and oxygen atoms in total. The first-order valence-corrected chi connectivity index (χ1v) is 7.46. The fourth-order valence-electron chi connectivity index (χ4n) is 1.63. The van der Waals surface area contributed by atoms with E-state index in [1.54, 1.807) is 0 Å². The summed E-state index contributed by atoms with van der Waals surface area (Å²) in [5.74, 6) is 0. The van der Waals surface area contributed by atoms with E-state index in [0.29, 0.717) is 0 Å². The Labute approximate surface area is 115 Å². The van der Waals surface area contributed by atoms with E-state index in [9.17, 15) is 0 Å². The number of hydrogen-bond donors (Lipinski definition) is 1. The standard InChI is InChI=1S/C12H27N.C3H9N.FH/c1-2-3-4-5-6-7-8-9-10-11-12-13;1-4(2)3;/h2-13H2,1H3;1-3H3;1H. The third kappa shape index (κ3) is 36.0. The van der Waals surface area contributed by atoms with Gasteiger partial charge in [-0.05, 0) is 34.1 Å². The lowest BCUT2D eigenvalue weighted by molar-refractivity contribution is 0.505. The summed E-state index contributed by atoms with van der Waals surface area (Å²) in [6.45, 7) is 3.14. The van der Waals surface area contributed by atoms with E-state index in [1.807, 2.05) is 26.0 Å². The molecule has 0 aliphatic rings. The van der Waals surface area contributed by atoms with Gasteiger partial charge in [-0.2, -0.15) is 0 Å². The molecule has 0 spiro atoms. The number of unbranched alkanes of at least 4 members (excludes halogenated alkanes) is 9. The molecule has 0 saturated heterocycles. The summed E-state index contributed by atoms with van der Waals surface area (Å²) < 4.78 is 0. The molecule has 114 valence electrons. The highest BCUT2D eigenvalue weighted by atomic mass is 19.0. The Hall–Kier alpha value is -0.150. The average Bonchev–Trinajstić information content (AvgIpc) is 2.26. The Morgan fingerprint density at radius 3 is 1.22 bits per heavy atom. The van der Waals surface area contributed by atoms with Crippen LogP contribution in [0.15, 0.2) is 0 Å². The van der Waals surface area contributed by atoms with Crippen LogP contribution in [-0.2, 0) is 0 Å². The molecule has 0 fully saturated rings. The minimum atomic E-state index is 0. The van der Waals surface area contributed by atoms with Crippen LogP contribution in [0.3, 0.4) is 0 Å². The SMILES string of the molecule is CCCCCCCCCCCCN.CN(C)C.F. The van der Waals surface area contributed by atoms with Crippen LogP contribution in [0.5, 0.6) is 0 Å². The second kappa shape index (κ2) is 22.1. The highest BCUT2D eigenvalue weighted by Crippen LogP contribution is 2.09. The number of hydrogen-bond acceptors (Lipinski definition) is 2. The summed E-state index contributed by atoms with van der Waals surface area (Å²) >= 11 is 0. The minimum absolute atomic E-state index is 0. The monoisotopic (exact) mass is 264 g/mol. The van der Waals surface area contributed by atoms with Crippen molar-refractivity contribution >= 4 is 0 Å². The van der Waals surface area contributed by atoms with Crippen molar-refractivity contribution < 1.29 is 4.70 Å². The molecule has 0 radical (unpaired) electrons. The molecule has 0 atom stereocenters. The molecule has 0 rings (SSSR count). The molecular formula is C15H37FN2. The first kappa shape index (κ1) is 23.0. The van der Waals surface area contributed by atoms with E-state index < -0.39 is 0 Å². The number of halogens is 1. The molecule has 3 heteroatoms. The molecule has 0 aliphatic heterocycles. The van der Waals surface area contributed by atoms with Gasteiger partial charge in [0.1, 0.15) is 0 Å². The van der Waals surface area contributed by atoms with Crippen LogP contribution in [-0.4, -0.2) is 32.6 Å². The molecule has 0 unspecified atom stereocenters. The zero-order valence-corrected chi connectivity index (χ0v) is 13.2. The minimum Gasteiger partial charge on any atom is -0.330 e. The lowest BCUT2D eigenvalue weighted by atomic mass is 10.1. The highest BCUT2D eigenvalue weighted by molar-refractivity contribution is 4.47. The molecule has 18 heavy (non-hydrogen) atoms. The smallest absolute Gasteiger partial charge is 0.00773 e. The van der Waals surface area contributed by atoms with Gasteiger partial charge in [0, 0.05) is 0 Å². The van der Waals surface area contributed by atoms with Gasteiger partial charge in [-0.25, -0.2) is 0 Å². The Bertz CT molecular complexity index is 106. The second-order valence-electron chi connectivity index (χ2n) is 5.31. The van der Waals surface area contributed by atoms with Gasteiger partial charge in [-0.1, -0.05) is 64.7 Å². The van der Waals surface area contributed by atoms with Gasteiger partial charge in [-0.3, -0.25) is 4.70 Å². The van der Waals surface area contributed by atoms with E-state index in [-0.39, 0.29) is 4.70 Å². The maximum atomic E-state index is 5.42. The summed E-state index contributed by atoms with van der Waals surface area (Å²) in [6.07, 6.45) is 13.9. The van der Waals surface area contributed by atoms with Crippen molar-refractivity contribution in [3.8, 4) is 0 Å². The van der Waals surface area contributed by atoms with Crippen LogP contribution in [0.1, 0.15) is 71.1 Å². The number of nitrogens with zero attached hydrogens (tertiary/aromatic N) is 1. The third-order valence-corrected chi connectivity index (χ3v) is 2.56. The summed E-state index contributed by atoms with van der Waals surface area (Å²) in [4.78, 5) is 2.00. The average molecular weight is 264 g/mol. The van der Waals surface area contributed by atoms with E-state index >= 15 is 0 Å². The fraction of sp³-hybridized carbons (Fsp3) is 1.00. The zero-order valence-electron chi connectivity index (χ0n) is 13.2. The number of rotatable bonds is 10. The molecule has 0 aromatic heterocycles. The van der Waals surface area contributed by atoms with Gasteiger partial charge in [0.05, 0.1) is 0 Å². The van der Waals surface area contributed by atoms with E-state index in [2.05, 4.69) is 6.92 Å². The highest BCUT2D eigenvalue weighted by Gasteiger charge is 1.91. The number of nitrogens with two attached hydrogens (primary N) is 1. The maximum Gasteiger partial charge on any atom is -0.00773 e. The zero-order chi connectivity index (χ0) is 13.4. The molecule has 0 heterocycles. The van der Waals surface area contributed by atoms with Crippen molar-refractivity contribution in [3.05, 3.63) is 0 Å². The summed E-state index contributed by atoms with van der Waals surface area (Å²) in [7, 11) is 6.00. The largest absolute Gasteiger partial charge is 0.330 e. The molecule has 0 aromatic carbocycles. The summed E-state index contributed by atoms with van der Waals surface area (Å²) in [5.41, 5.74) is 5.42. The van der Waals surface area contributed by atoms with Crippen molar-refractivity contribution in [1.82, 2.24) is 4.90 Å². The third-order valence-electron chi connectivity index (χ3n) is 2.56. The Balaban J connectivity index is -0.000000392. The van der Waals surface area contributed by atoms with E-state index in [4.69, 9.17) is 5.73 Å². The molecule has 0 bridgehead atoms. The van der Waals surface area contributed by atoms with Crippen LogP contribution < -0.4 is 5.73 Å². The van der Waals surface area contributed by atoms with Crippen LogP contribution in [0.25, 0.3) is 0 Å². The van der Waals surface area contributed by atoms with Crippen molar-refractivity contribution in [3.63, 3.8) is 0 Å². The Morgan fingerprint density at radius 1 is 0.667 bits per heavy atom. The van der Waals surface area contributed by atoms with Gasteiger partial charge < -0.3 is 10.6 Å². The topological polar surface area (TPSA) is 29.3 Å². The summed E-state index contributed by atoms with van der Waals surface area (Å²) in [6, 6.07) is 0. The molecular weight excluding hydrogens is 227 g/mol. The van der Waals surface area contributed by atoms with Gasteiger partial charge in [0.25, 0.3) is 0 Å². The quantitative estimate of drug-likeness (QED) is 0.599. The maximum absolute atomic E-state index is 5.42. The predicted molar refractivity (Wildman–Crippen MR) is 83.0 cm³/mol.